The van der Waals surface area contributed by atoms with Crippen molar-refractivity contribution in [2.24, 2.45) is 0 Å². The summed E-state index contributed by atoms with van der Waals surface area (Å²) in [6.07, 6.45) is 1.12. The van der Waals surface area contributed by atoms with Crippen molar-refractivity contribution in [3.8, 4) is 0 Å². The SMILES string of the molecule is CNC(COC)Cc1nc(Cc2ccc(Cl)cc2Cl)no1. The largest absolute Gasteiger partial charge is 0.383 e. The third-order valence-corrected chi connectivity index (χ3v) is 3.66. The number of benzene rings is 1. The lowest BCUT2D eigenvalue weighted by Gasteiger charge is -2.11. The molecule has 0 fully saturated rings. The number of methoxy groups -OCH3 is 1. The van der Waals surface area contributed by atoms with E-state index in [0.717, 1.165) is 5.56 Å². The van der Waals surface area contributed by atoms with Crippen molar-refractivity contribution in [3.63, 3.8) is 0 Å². The molecule has 0 aliphatic rings. The molecule has 0 bridgehead atoms. The molecular formula is C14H17Cl2N3O2. The van der Waals surface area contributed by atoms with Gasteiger partial charge in [-0.1, -0.05) is 34.4 Å². The van der Waals surface area contributed by atoms with E-state index in [9.17, 15) is 0 Å². The fraction of sp³-hybridized carbons (Fsp3) is 0.429. The first-order chi connectivity index (χ1) is 10.1. The fourth-order valence-corrected chi connectivity index (χ4v) is 2.41. The van der Waals surface area contributed by atoms with Crippen molar-refractivity contribution < 1.29 is 9.26 Å². The Hall–Kier alpha value is -1.14. The summed E-state index contributed by atoms with van der Waals surface area (Å²) in [7, 11) is 3.53. The first-order valence-corrected chi connectivity index (χ1v) is 7.29. The molecule has 0 radical (unpaired) electrons. The van der Waals surface area contributed by atoms with E-state index in [1.807, 2.05) is 13.1 Å². The van der Waals surface area contributed by atoms with E-state index in [1.165, 1.54) is 0 Å². The maximum Gasteiger partial charge on any atom is 0.228 e. The zero-order valence-electron chi connectivity index (χ0n) is 11.9. The molecule has 1 N–H and O–H groups in total. The third-order valence-electron chi connectivity index (χ3n) is 3.07. The Morgan fingerprint density at radius 2 is 2.19 bits per heavy atom. The van der Waals surface area contributed by atoms with E-state index in [2.05, 4.69) is 15.5 Å². The molecule has 1 heterocycles. The first kappa shape index (κ1) is 16.2. The average molecular weight is 330 g/mol. The van der Waals surface area contributed by atoms with Crippen molar-refractivity contribution in [2.75, 3.05) is 20.8 Å². The van der Waals surface area contributed by atoms with Crippen molar-refractivity contribution in [3.05, 3.63) is 45.5 Å². The van der Waals surface area contributed by atoms with E-state index in [4.69, 9.17) is 32.5 Å². The molecule has 0 amide bonds. The Morgan fingerprint density at radius 3 is 2.86 bits per heavy atom. The van der Waals surface area contributed by atoms with Crippen molar-refractivity contribution >= 4 is 23.2 Å². The number of nitrogens with one attached hydrogen (secondary N) is 1. The van der Waals surface area contributed by atoms with Gasteiger partial charge in [0.05, 0.1) is 6.61 Å². The summed E-state index contributed by atoms with van der Waals surface area (Å²) < 4.78 is 10.4. The highest BCUT2D eigenvalue weighted by Gasteiger charge is 2.14. The van der Waals surface area contributed by atoms with Crippen molar-refractivity contribution in [1.82, 2.24) is 15.5 Å². The minimum atomic E-state index is 0.141. The Morgan fingerprint density at radius 1 is 1.38 bits per heavy atom. The lowest BCUT2D eigenvalue weighted by molar-refractivity contribution is 0.165. The van der Waals surface area contributed by atoms with Gasteiger partial charge < -0.3 is 14.6 Å². The Balaban J connectivity index is 2.02. The molecule has 2 rings (SSSR count). The summed E-state index contributed by atoms with van der Waals surface area (Å²) >= 11 is 12.0. The van der Waals surface area contributed by atoms with Crippen LogP contribution < -0.4 is 5.32 Å². The number of hydrogen-bond donors (Lipinski definition) is 1. The van der Waals surface area contributed by atoms with Crippen LogP contribution in [0.4, 0.5) is 0 Å². The molecule has 2 aromatic rings. The van der Waals surface area contributed by atoms with E-state index in [1.54, 1.807) is 19.2 Å². The van der Waals surface area contributed by atoms with Crippen LogP contribution in [-0.4, -0.2) is 36.9 Å². The summed E-state index contributed by atoms with van der Waals surface area (Å²) in [5.41, 5.74) is 0.912. The molecule has 0 aliphatic carbocycles. The Labute approximate surface area is 133 Å². The number of ether oxygens (including phenoxy) is 1. The number of rotatable bonds is 7. The van der Waals surface area contributed by atoms with E-state index < -0.39 is 0 Å². The molecule has 0 spiro atoms. The minimum absolute atomic E-state index is 0.141. The Bertz CT molecular complexity index is 589. The lowest BCUT2D eigenvalue weighted by Crippen LogP contribution is -2.32. The minimum Gasteiger partial charge on any atom is -0.383 e. The van der Waals surface area contributed by atoms with E-state index in [-0.39, 0.29) is 6.04 Å². The molecule has 7 heteroatoms. The predicted octanol–water partition coefficient (Wildman–Crippen LogP) is 2.74. The maximum absolute atomic E-state index is 6.14. The zero-order chi connectivity index (χ0) is 15.2. The molecule has 1 atom stereocenters. The molecular weight excluding hydrogens is 313 g/mol. The van der Waals surface area contributed by atoms with Crippen molar-refractivity contribution in [2.45, 2.75) is 18.9 Å². The molecule has 114 valence electrons. The van der Waals surface area contributed by atoms with Crippen molar-refractivity contribution in [1.29, 1.82) is 0 Å². The predicted molar refractivity (Wildman–Crippen MR) is 82.0 cm³/mol. The molecule has 1 unspecified atom stereocenters. The first-order valence-electron chi connectivity index (χ1n) is 6.54. The van der Waals surface area contributed by atoms with Gasteiger partial charge in [0.15, 0.2) is 5.82 Å². The second kappa shape index (κ2) is 7.75. The van der Waals surface area contributed by atoms with Crippen LogP contribution in [0.1, 0.15) is 17.3 Å². The van der Waals surface area contributed by atoms with Gasteiger partial charge in [-0.05, 0) is 24.7 Å². The van der Waals surface area contributed by atoms with Crippen LogP contribution in [0.15, 0.2) is 22.7 Å². The number of aromatic nitrogens is 2. The standard InChI is InChI=1S/C14H17Cl2N3O2/c1-17-11(8-20-2)7-14-18-13(19-21-14)5-9-3-4-10(15)6-12(9)16/h3-4,6,11,17H,5,7-8H2,1-2H3. The van der Waals surface area contributed by atoms with Crippen LogP contribution in [0.2, 0.25) is 10.0 Å². The number of likely N-dealkylation sites (N-methyl/N-ethyl adjacent to an activating group) is 1. The van der Waals surface area contributed by atoms with Gasteiger partial charge in [0, 0.05) is 36.0 Å². The molecule has 0 aliphatic heterocycles. The highest BCUT2D eigenvalue weighted by atomic mass is 35.5. The second-order valence-electron chi connectivity index (χ2n) is 4.66. The molecule has 21 heavy (non-hydrogen) atoms. The van der Waals surface area contributed by atoms with Gasteiger partial charge in [-0.25, -0.2) is 0 Å². The van der Waals surface area contributed by atoms with Crippen LogP contribution in [0.5, 0.6) is 0 Å². The van der Waals surface area contributed by atoms with Crippen LogP contribution in [0, 0.1) is 0 Å². The summed E-state index contributed by atoms with van der Waals surface area (Å²) in [5.74, 6) is 1.17. The molecule has 1 aromatic carbocycles. The van der Waals surface area contributed by atoms with Gasteiger partial charge in [-0.3, -0.25) is 0 Å². The van der Waals surface area contributed by atoms with E-state index in [0.29, 0.717) is 41.2 Å². The summed E-state index contributed by atoms with van der Waals surface area (Å²) in [5, 5.41) is 8.32. The van der Waals surface area contributed by atoms with Gasteiger partial charge in [0.1, 0.15) is 0 Å². The average Bonchev–Trinajstić information content (AvgIpc) is 2.89. The Kier molecular flexibility index (Phi) is 5.99. The smallest absolute Gasteiger partial charge is 0.228 e. The van der Waals surface area contributed by atoms with Gasteiger partial charge in [-0.15, -0.1) is 0 Å². The van der Waals surface area contributed by atoms with Gasteiger partial charge in [0.25, 0.3) is 0 Å². The van der Waals surface area contributed by atoms with Crippen LogP contribution in [0.25, 0.3) is 0 Å². The van der Waals surface area contributed by atoms with Gasteiger partial charge in [0.2, 0.25) is 5.89 Å². The topological polar surface area (TPSA) is 60.2 Å². The highest BCUT2D eigenvalue weighted by molar-refractivity contribution is 6.35. The van der Waals surface area contributed by atoms with Gasteiger partial charge >= 0.3 is 0 Å². The molecule has 1 aromatic heterocycles. The summed E-state index contributed by atoms with van der Waals surface area (Å²) in [6.45, 7) is 0.581. The van der Waals surface area contributed by atoms with Crippen LogP contribution in [0.3, 0.4) is 0 Å². The highest BCUT2D eigenvalue weighted by Crippen LogP contribution is 2.22. The molecule has 0 saturated carbocycles. The number of halogens is 2. The maximum atomic E-state index is 6.14. The monoisotopic (exact) mass is 329 g/mol. The van der Waals surface area contributed by atoms with Crippen LogP contribution in [-0.2, 0) is 17.6 Å². The molecule has 0 saturated heterocycles. The fourth-order valence-electron chi connectivity index (χ4n) is 1.94. The zero-order valence-corrected chi connectivity index (χ0v) is 13.4. The van der Waals surface area contributed by atoms with Crippen LogP contribution >= 0.6 is 23.2 Å². The second-order valence-corrected chi connectivity index (χ2v) is 5.51. The third kappa shape index (κ3) is 4.68. The van der Waals surface area contributed by atoms with Gasteiger partial charge in [-0.2, -0.15) is 4.98 Å². The quantitative estimate of drug-likeness (QED) is 0.846. The number of nitrogens with zero attached hydrogens (tertiary/aromatic N) is 2. The van der Waals surface area contributed by atoms with E-state index >= 15 is 0 Å². The molecule has 5 nitrogen and oxygen atoms in total. The number of hydrogen-bond acceptors (Lipinski definition) is 5. The normalized spacial score (nSPS) is 12.6. The summed E-state index contributed by atoms with van der Waals surface area (Å²) in [4.78, 5) is 4.37. The lowest BCUT2D eigenvalue weighted by atomic mass is 10.1. The summed E-state index contributed by atoms with van der Waals surface area (Å²) in [6, 6.07) is 5.50.